The van der Waals surface area contributed by atoms with Crippen LogP contribution in [0.3, 0.4) is 0 Å². The van der Waals surface area contributed by atoms with Crippen LogP contribution in [0.2, 0.25) is 0 Å². The molecule has 0 radical (unpaired) electrons. The second-order valence-corrected chi connectivity index (χ2v) is 13.0. The molecule has 3 heterocycles. The number of hydrogen-bond donors (Lipinski definition) is 3. The van der Waals surface area contributed by atoms with E-state index in [1.807, 2.05) is 13.0 Å². The molecule has 0 bridgehead atoms. The molecule has 0 spiro atoms. The zero-order valence-electron chi connectivity index (χ0n) is 23.7. The Kier molecular flexibility index (Phi) is 8.73. The van der Waals surface area contributed by atoms with Gasteiger partial charge in [-0.1, -0.05) is 19.1 Å². The van der Waals surface area contributed by atoms with Gasteiger partial charge in [-0.15, -0.1) is 12.4 Å². The molecule has 1 saturated carbocycles. The van der Waals surface area contributed by atoms with Gasteiger partial charge in [0.25, 0.3) is 0 Å². The number of pyridine rings is 1. The van der Waals surface area contributed by atoms with Gasteiger partial charge >= 0.3 is 0 Å². The number of anilines is 2. The first-order valence-corrected chi connectivity index (χ1v) is 15.6. The molecule has 3 N–H and O–H groups in total. The van der Waals surface area contributed by atoms with Crippen LogP contribution in [-0.2, 0) is 10.0 Å². The molecule has 2 aliphatic rings. The van der Waals surface area contributed by atoms with Gasteiger partial charge in [0, 0.05) is 35.8 Å². The summed E-state index contributed by atoms with van der Waals surface area (Å²) in [6, 6.07) is 11.6. The highest BCUT2D eigenvalue weighted by Crippen LogP contribution is 2.42. The maximum atomic E-state index is 15.0. The van der Waals surface area contributed by atoms with Crippen LogP contribution in [0, 0.1) is 18.7 Å². The molecule has 0 amide bonds. The Balaban J connectivity index is 0.00000368. The van der Waals surface area contributed by atoms with E-state index in [1.165, 1.54) is 6.07 Å². The van der Waals surface area contributed by atoms with Crippen molar-refractivity contribution in [1.29, 1.82) is 0 Å². The summed E-state index contributed by atoms with van der Waals surface area (Å²) in [5, 5.41) is 7.57. The summed E-state index contributed by atoms with van der Waals surface area (Å²) in [5.74, 6) is 0.209. The number of halogens is 3. The number of rotatable bonds is 9. The molecule has 9 nitrogen and oxygen atoms in total. The third-order valence-corrected chi connectivity index (χ3v) is 9.01. The lowest BCUT2D eigenvalue weighted by atomic mass is 9.98. The fourth-order valence-corrected chi connectivity index (χ4v) is 6.86. The van der Waals surface area contributed by atoms with Gasteiger partial charge in [-0.2, -0.15) is 0 Å². The Morgan fingerprint density at radius 2 is 1.86 bits per heavy atom. The van der Waals surface area contributed by atoms with Crippen molar-refractivity contribution >= 4 is 44.8 Å². The van der Waals surface area contributed by atoms with Crippen LogP contribution in [0.25, 0.3) is 22.0 Å². The van der Waals surface area contributed by atoms with Crippen molar-refractivity contribution in [3.63, 3.8) is 0 Å². The van der Waals surface area contributed by atoms with E-state index in [0.717, 1.165) is 31.1 Å². The van der Waals surface area contributed by atoms with Gasteiger partial charge in [0.15, 0.2) is 0 Å². The number of alkyl halides is 1. The molecule has 2 aromatic carbocycles. The average Bonchev–Trinajstić information content (AvgIpc) is 3.67. The van der Waals surface area contributed by atoms with E-state index >= 15 is 0 Å². The summed E-state index contributed by atoms with van der Waals surface area (Å²) < 4.78 is 63.2. The molecule has 0 unspecified atom stereocenters. The summed E-state index contributed by atoms with van der Waals surface area (Å²) in [6.07, 6.45) is 4.63. The quantitative estimate of drug-likeness (QED) is 0.206. The summed E-state index contributed by atoms with van der Waals surface area (Å²) >= 11 is 0. The molecule has 2 aromatic heterocycles. The van der Waals surface area contributed by atoms with Gasteiger partial charge in [0.05, 0.1) is 16.9 Å². The fraction of sp³-hybridized carbons (Fsp3) is 0.367. The standard InChI is InChI=1S/C30H32F2N6O3S.ClH/c1-18-14-20(16-33-15-18)36-29-35-13-9-25(37-29)23-4-3-12-34-28(23)41-27-19(2)5-6-21-22(27)7-8-24(31)26(21)38-42(39,40)17-30(32)10-11-30;/h3-9,12-13,18,20,33,38H,10-11,14-17H2,1-2H3,(H,35,36,37);1H/t18-,20+;/m1./s1. The van der Waals surface area contributed by atoms with E-state index in [0.29, 0.717) is 34.3 Å². The third kappa shape index (κ3) is 6.97. The highest BCUT2D eigenvalue weighted by atomic mass is 35.5. The van der Waals surface area contributed by atoms with Gasteiger partial charge in [0.1, 0.15) is 23.0 Å². The molecule has 2 fully saturated rings. The Labute approximate surface area is 255 Å². The fourth-order valence-electron chi connectivity index (χ4n) is 5.30. The predicted molar refractivity (Wildman–Crippen MR) is 166 cm³/mol. The van der Waals surface area contributed by atoms with Crippen LogP contribution in [0.4, 0.5) is 20.4 Å². The minimum atomic E-state index is -4.13. The van der Waals surface area contributed by atoms with Crippen molar-refractivity contribution in [3.05, 3.63) is 66.2 Å². The van der Waals surface area contributed by atoms with Crippen LogP contribution in [0.1, 0.15) is 31.7 Å². The number of sulfonamides is 1. The molecule has 228 valence electrons. The van der Waals surface area contributed by atoms with Crippen LogP contribution in [-0.4, -0.2) is 53.9 Å². The van der Waals surface area contributed by atoms with E-state index in [-0.39, 0.29) is 48.2 Å². The number of aryl methyl sites for hydroxylation is 1. The van der Waals surface area contributed by atoms with Crippen molar-refractivity contribution in [3.8, 4) is 22.9 Å². The first-order valence-electron chi connectivity index (χ1n) is 13.9. The maximum absolute atomic E-state index is 15.0. The summed E-state index contributed by atoms with van der Waals surface area (Å²) in [5.41, 5.74) is -0.0554. The van der Waals surface area contributed by atoms with Crippen LogP contribution in [0.15, 0.2) is 54.9 Å². The van der Waals surface area contributed by atoms with Gasteiger partial charge < -0.3 is 15.4 Å². The minimum Gasteiger partial charge on any atom is -0.437 e. The van der Waals surface area contributed by atoms with Crippen molar-refractivity contribution in [2.45, 2.75) is 44.8 Å². The molecule has 4 aromatic rings. The van der Waals surface area contributed by atoms with E-state index < -0.39 is 27.3 Å². The van der Waals surface area contributed by atoms with Gasteiger partial charge in [0.2, 0.25) is 21.9 Å². The smallest absolute Gasteiger partial charge is 0.236 e. The van der Waals surface area contributed by atoms with Gasteiger partial charge in [-0.05, 0) is 74.5 Å². The number of nitrogens with zero attached hydrogens (tertiary/aromatic N) is 3. The van der Waals surface area contributed by atoms with Gasteiger partial charge in [-0.3, -0.25) is 4.72 Å². The average molecular weight is 631 g/mol. The summed E-state index contributed by atoms with van der Waals surface area (Å²) in [6.45, 7) is 5.84. The topological polar surface area (TPSA) is 118 Å². The number of aromatic nitrogens is 3. The summed E-state index contributed by atoms with van der Waals surface area (Å²) in [4.78, 5) is 13.6. The Hall–Kier alpha value is -3.61. The first kappa shape index (κ1) is 30.8. The molecular formula is C30H33ClF2N6O3S. The monoisotopic (exact) mass is 630 g/mol. The second kappa shape index (κ2) is 12.2. The predicted octanol–water partition coefficient (Wildman–Crippen LogP) is 6.01. The van der Waals surface area contributed by atoms with E-state index in [2.05, 4.69) is 32.2 Å². The molecule has 6 rings (SSSR count). The second-order valence-electron chi connectivity index (χ2n) is 11.3. The van der Waals surface area contributed by atoms with E-state index in [1.54, 1.807) is 36.7 Å². The number of ether oxygens (including phenoxy) is 1. The third-order valence-electron chi connectivity index (χ3n) is 7.60. The molecule has 1 aliphatic carbocycles. The van der Waals surface area contributed by atoms with Crippen LogP contribution in [0.5, 0.6) is 11.6 Å². The lowest BCUT2D eigenvalue weighted by molar-refractivity contribution is 0.341. The zero-order valence-corrected chi connectivity index (χ0v) is 25.4. The Bertz CT molecular complexity index is 1760. The molecule has 13 heteroatoms. The minimum absolute atomic E-state index is 0. The number of hydrogen-bond acceptors (Lipinski definition) is 8. The largest absolute Gasteiger partial charge is 0.437 e. The van der Waals surface area contributed by atoms with Crippen molar-refractivity contribution in [1.82, 2.24) is 20.3 Å². The number of benzene rings is 2. The van der Waals surface area contributed by atoms with Crippen molar-refractivity contribution in [2.75, 3.05) is 28.9 Å². The molecule has 1 aliphatic heterocycles. The van der Waals surface area contributed by atoms with Gasteiger partial charge in [-0.25, -0.2) is 32.2 Å². The molecular weight excluding hydrogens is 598 g/mol. The number of fused-ring (bicyclic) bond motifs is 1. The molecule has 43 heavy (non-hydrogen) atoms. The highest BCUT2D eigenvalue weighted by Gasteiger charge is 2.47. The normalized spacial score (nSPS) is 19.3. The number of nitrogens with one attached hydrogen (secondary N) is 3. The zero-order chi connectivity index (χ0) is 29.5. The highest BCUT2D eigenvalue weighted by molar-refractivity contribution is 7.92. The van der Waals surface area contributed by atoms with E-state index in [9.17, 15) is 17.2 Å². The van der Waals surface area contributed by atoms with Crippen molar-refractivity contribution < 1.29 is 21.9 Å². The van der Waals surface area contributed by atoms with Crippen LogP contribution >= 0.6 is 12.4 Å². The number of piperidine rings is 1. The Morgan fingerprint density at radius 3 is 2.63 bits per heavy atom. The van der Waals surface area contributed by atoms with E-state index in [4.69, 9.17) is 9.72 Å². The lowest BCUT2D eigenvalue weighted by Crippen LogP contribution is -2.42. The van der Waals surface area contributed by atoms with Crippen LogP contribution < -0.4 is 20.1 Å². The molecule has 2 atom stereocenters. The molecule has 1 saturated heterocycles. The summed E-state index contributed by atoms with van der Waals surface area (Å²) in [7, 11) is -4.13. The lowest BCUT2D eigenvalue weighted by Gasteiger charge is -2.28. The maximum Gasteiger partial charge on any atom is 0.236 e. The first-order chi connectivity index (χ1) is 20.1. The SMILES string of the molecule is Cc1ccc2c(NS(=O)(=O)CC3(F)CC3)c(F)ccc2c1Oc1ncccc1-c1ccnc(N[C@@H]2CNC[C@H](C)C2)n1.Cl. The van der Waals surface area contributed by atoms with Crippen molar-refractivity contribution in [2.24, 2.45) is 5.92 Å². The Morgan fingerprint density at radius 1 is 1.07 bits per heavy atom.